The number of rotatable bonds is 7. The van der Waals surface area contributed by atoms with Crippen molar-refractivity contribution in [1.29, 1.82) is 0 Å². The highest BCUT2D eigenvalue weighted by atomic mass is 16.5. The summed E-state index contributed by atoms with van der Waals surface area (Å²) in [6.07, 6.45) is 2.01. The molecular formula is C23H25N5O2. The van der Waals surface area contributed by atoms with Gasteiger partial charge in [0.2, 0.25) is 0 Å². The normalized spacial score (nSPS) is 12.2. The van der Waals surface area contributed by atoms with Crippen molar-refractivity contribution in [3.8, 4) is 11.3 Å². The van der Waals surface area contributed by atoms with Crippen LogP contribution in [0.4, 0.5) is 4.79 Å². The minimum Gasteiger partial charge on any atom is -0.445 e. The van der Waals surface area contributed by atoms with E-state index in [0.29, 0.717) is 5.92 Å². The molecule has 3 N–H and O–H groups in total. The van der Waals surface area contributed by atoms with E-state index < -0.39 is 6.09 Å². The van der Waals surface area contributed by atoms with Gasteiger partial charge in [-0.1, -0.05) is 50.2 Å². The molecule has 154 valence electrons. The molecule has 0 radical (unpaired) electrons. The fourth-order valence-corrected chi connectivity index (χ4v) is 3.40. The minimum atomic E-state index is -0.455. The lowest BCUT2D eigenvalue weighted by atomic mass is 10.0. The number of carbonyl (C=O) groups is 1. The predicted molar refractivity (Wildman–Crippen MR) is 116 cm³/mol. The third-order valence-corrected chi connectivity index (χ3v) is 4.85. The molecule has 4 rings (SSSR count). The number of aromatic nitrogens is 4. The number of alkyl carbamates (subject to hydrolysis) is 1. The first-order chi connectivity index (χ1) is 14.6. The first-order valence-corrected chi connectivity index (χ1v) is 10.0. The number of nitrogens with one attached hydrogen (secondary N) is 3. The maximum absolute atomic E-state index is 12.4. The number of aromatic amines is 2. The molecule has 1 amide bonds. The van der Waals surface area contributed by atoms with Crippen molar-refractivity contribution in [3.05, 3.63) is 72.2 Å². The molecule has 1 atom stereocenters. The van der Waals surface area contributed by atoms with E-state index in [9.17, 15) is 4.79 Å². The topological polar surface area (TPSA) is 95.7 Å². The van der Waals surface area contributed by atoms with Crippen LogP contribution in [0.5, 0.6) is 0 Å². The Kier molecular flexibility index (Phi) is 5.79. The summed E-state index contributed by atoms with van der Waals surface area (Å²) in [5.74, 6) is 1.09. The number of ether oxygens (including phenoxy) is 1. The molecule has 0 bridgehead atoms. The largest absolute Gasteiger partial charge is 0.445 e. The second kappa shape index (κ2) is 8.82. The molecule has 2 aromatic carbocycles. The number of hydrogen-bond acceptors (Lipinski definition) is 4. The summed E-state index contributed by atoms with van der Waals surface area (Å²) in [7, 11) is 0. The van der Waals surface area contributed by atoms with E-state index >= 15 is 0 Å². The zero-order chi connectivity index (χ0) is 20.9. The van der Waals surface area contributed by atoms with Crippen molar-refractivity contribution in [2.75, 3.05) is 0 Å². The van der Waals surface area contributed by atoms with Crippen molar-refractivity contribution in [1.82, 2.24) is 25.5 Å². The zero-order valence-electron chi connectivity index (χ0n) is 17.1. The number of benzene rings is 2. The van der Waals surface area contributed by atoms with Crippen LogP contribution in [-0.4, -0.2) is 26.3 Å². The SMILES string of the molecule is CC(C)C[C@@H](NC(=O)OCc1ccccc1)c1nc2ccc(-c3ccn[nH]3)cc2[nH]1. The summed E-state index contributed by atoms with van der Waals surface area (Å²) in [4.78, 5) is 20.5. The van der Waals surface area contributed by atoms with Gasteiger partial charge in [-0.05, 0) is 36.1 Å². The summed E-state index contributed by atoms with van der Waals surface area (Å²) in [6, 6.07) is 17.3. The molecule has 0 aliphatic rings. The van der Waals surface area contributed by atoms with E-state index in [2.05, 4.69) is 34.3 Å². The summed E-state index contributed by atoms with van der Waals surface area (Å²) in [6.45, 7) is 4.46. The summed E-state index contributed by atoms with van der Waals surface area (Å²) in [5, 5.41) is 9.94. The second-order valence-corrected chi connectivity index (χ2v) is 7.71. The van der Waals surface area contributed by atoms with Crippen molar-refractivity contribution in [2.45, 2.75) is 32.9 Å². The van der Waals surface area contributed by atoms with Crippen LogP contribution in [0.2, 0.25) is 0 Å². The van der Waals surface area contributed by atoms with Crippen LogP contribution in [0.1, 0.15) is 37.7 Å². The van der Waals surface area contributed by atoms with E-state index in [1.54, 1.807) is 6.20 Å². The van der Waals surface area contributed by atoms with Crippen molar-refractivity contribution in [3.63, 3.8) is 0 Å². The molecule has 0 unspecified atom stereocenters. The van der Waals surface area contributed by atoms with Gasteiger partial charge in [0.05, 0.1) is 22.8 Å². The van der Waals surface area contributed by atoms with Gasteiger partial charge in [-0.2, -0.15) is 5.10 Å². The smallest absolute Gasteiger partial charge is 0.408 e. The van der Waals surface area contributed by atoms with E-state index in [4.69, 9.17) is 9.72 Å². The van der Waals surface area contributed by atoms with E-state index in [-0.39, 0.29) is 12.6 Å². The molecule has 7 heteroatoms. The highest BCUT2D eigenvalue weighted by Crippen LogP contribution is 2.25. The van der Waals surface area contributed by atoms with E-state index in [1.165, 1.54) is 0 Å². The summed E-state index contributed by atoms with van der Waals surface area (Å²) < 4.78 is 5.40. The lowest BCUT2D eigenvalue weighted by Crippen LogP contribution is -2.30. The third-order valence-electron chi connectivity index (χ3n) is 4.85. The predicted octanol–water partition coefficient (Wildman–Crippen LogP) is 4.97. The zero-order valence-corrected chi connectivity index (χ0v) is 17.1. The monoisotopic (exact) mass is 403 g/mol. The van der Waals surface area contributed by atoms with Crippen molar-refractivity contribution >= 4 is 17.1 Å². The molecule has 0 fully saturated rings. The highest BCUT2D eigenvalue weighted by molar-refractivity contribution is 5.81. The number of nitrogens with zero attached hydrogens (tertiary/aromatic N) is 2. The van der Waals surface area contributed by atoms with Crippen molar-refractivity contribution < 1.29 is 9.53 Å². The third kappa shape index (κ3) is 4.68. The average Bonchev–Trinajstić information content (AvgIpc) is 3.41. The molecule has 2 aromatic heterocycles. The maximum atomic E-state index is 12.4. The fourth-order valence-electron chi connectivity index (χ4n) is 3.40. The summed E-state index contributed by atoms with van der Waals surface area (Å²) >= 11 is 0. The highest BCUT2D eigenvalue weighted by Gasteiger charge is 2.21. The Morgan fingerprint density at radius 2 is 1.97 bits per heavy atom. The van der Waals surface area contributed by atoms with Gasteiger partial charge in [-0.15, -0.1) is 0 Å². The Bertz CT molecular complexity index is 1100. The molecule has 7 nitrogen and oxygen atoms in total. The number of imidazole rings is 1. The molecule has 0 saturated carbocycles. The number of carbonyl (C=O) groups excluding carboxylic acids is 1. The lowest BCUT2D eigenvalue weighted by Gasteiger charge is -2.18. The van der Waals surface area contributed by atoms with Gasteiger partial charge in [0.25, 0.3) is 0 Å². The molecule has 4 aromatic rings. The van der Waals surface area contributed by atoms with Crippen LogP contribution in [0.3, 0.4) is 0 Å². The van der Waals surface area contributed by atoms with E-state index in [0.717, 1.165) is 40.1 Å². The van der Waals surface area contributed by atoms with Gasteiger partial charge >= 0.3 is 6.09 Å². The quantitative estimate of drug-likeness (QED) is 0.406. The number of amides is 1. The number of H-pyrrole nitrogens is 2. The van der Waals surface area contributed by atoms with Crippen LogP contribution in [0, 0.1) is 5.92 Å². The molecule has 30 heavy (non-hydrogen) atoms. The number of fused-ring (bicyclic) bond motifs is 1. The lowest BCUT2D eigenvalue weighted by molar-refractivity contribution is 0.134. The van der Waals surface area contributed by atoms with Gasteiger partial charge in [-0.3, -0.25) is 5.10 Å². The molecular weight excluding hydrogens is 378 g/mol. The molecule has 0 saturated heterocycles. The molecule has 0 spiro atoms. The Morgan fingerprint density at radius 3 is 2.70 bits per heavy atom. The average molecular weight is 403 g/mol. The van der Waals surface area contributed by atoms with Crippen LogP contribution >= 0.6 is 0 Å². The van der Waals surface area contributed by atoms with Crippen LogP contribution in [0.25, 0.3) is 22.3 Å². The molecule has 2 heterocycles. The fraction of sp³-hybridized carbons (Fsp3) is 0.261. The minimum absolute atomic E-state index is 0.231. The van der Waals surface area contributed by atoms with Crippen LogP contribution < -0.4 is 5.32 Å². The van der Waals surface area contributed by atoms with Gasteiger partial charge in [0, 0.05) is 11.8 Å². The first kappa shape index (κ1) is 19.7. The molecule has 0 aliphatic carbocycles. The van der Waals surface area contributed by atoms with Crippen LogP contribution in [0.15, 0.2) is 60.8 Å². The summed E-state index contributed by atoms with van der Waals surface area (Å²) in [5.41, 5.74) is 4.66. The standard InChI is InChI=1S/C23H25N5O2/c1-15(2)12-21(27-23(29)30-14-16-6-4-3-5-7-16)22-25-19-9-8-17(13-20(19)26-22)18-10-11-24-28-18/h3-11,13,15,21H,12,14H2,1-2H3,(H,24,28)(H,25,26)(H,27,29)/t21-/m1/s1. The second-order valence-electron chi connectivity index (χ2n) is 7.71. The van der Waals surface area contributed by atoms with Crippen molar-refractivity contribution in [2.24, 2.45) is 5.92 Å². The Morgan fingerprint density at radius 1 is 1.13 bits per heavy atom. The number of hydrogen-bond donors (Lipinski definition) is 3. The van der Waals surface area contributed by atoms with Gasteiger partial charge in [0.15, 0.2) is 0 Å². The Hall–Kier alpha value is -3.61. The van der Waals surface area contributed by atoms with Crippen LogP contribution in [-0.2, 0) is 11.3 Å². The Labute approximate surface area is 174 Å². The molecule has 0 aliphatic heterocycles. The first-order valence-electron chi connectivity index (χ1n) is 10.0. The van der Waals surface area contributed by atoms with E-state index in [1.807, 2.05) is 54.6 Å². The van der Waals surface area contributed by atoms with Gasteiger partial charge in [-0.25, -0.2) is 9.78 Å². The maximum Gasteiger partial charge on any atom is 0.408 e. The van der Waals surface area contributed by atoms with Gasteiger partial charge < -0.3 is 15.0 Å². The Balaban J connectivity index is 1.51. The van der Waals surface area contributed by atoms with Gasteiger partial charge in [0.1, 0.15) is 12.4 Å².